The second-order valence-corrected chi connectivity index (χ2v) is 8.47. The maximum Gasteiger partial charge on any atom is 0.344 e. The average Bonchev–Trinajstić information content (AvgIpc) is 3.17. The fourth-order valence-electron chi connectivity index (χ4n) is 3.22. The Hall–Kier alpha value is -3.35. The van der Waals surface area contributed by atoms with Crippen LogP contribution in [0.15, 0.2) is 48.5 Å². The van der Waals surface area contributed by atoms with E-state index in [2.05, 4.69) is 26.1 Å². The summed E-state index contributed by atoms with van der Waals surface area (Å²) in [5.74, 6) is -0.409. The first-order chi connectivity index (χ1) is 14.7. The maximum absolute atomic E-state index is 12.0. The van der Waals surface area contributed by atoms with Gasteiger partial charge < -0.3 is 19.7 Å². The van der Waals surface area contributed by atoms with Gasteiger partial charge in [0.1, 0.15) is 5.75 Å². The first kappa shape index (κ1) is 22.3. The molecule has 2 aromatic carbocycles. The van der Waals surface area contributed by atoms with Crippen LogP contribution < -0.4 is 15.0 Å². The normalized spacial score (nSPS) is 13.8. The van der Waals surface area contributed by atoms with Crippen molar-refractivity contribution in [3.8, 4) is 5.75 Å². The van der Waals surface area contributed by atoms with Gasteiger partial charge in [-0.2, -0.15) is 0 Å². The zero-order chi connectivity index (χ0) is 22.4. The summed E-state index contributed by atoms with van der Waals surface area (Å²) in [4.78, 5) is 37.4. The summed E-state index contributed by atoms with van der Waals surface area (Å²) >= 11 is 0. The van der Waals surface area contributed by atoms with Crippen molar-refractivity contribution in [3.05, 3.63) is 54.1 Å². The molecule has 0 unspecified atom stereocenters. The van der Waals surface area contributed by atoms with Crippen LogP contribution in [-0.2, 0) is 24.5 Å². The van der Waals surface area contributed by atoms with Crippen molar-refractivity contribution in [2.24, 2.45) is 0 Å². The van der Waals surface area contributed by atoms with Gasteiger partial charge in [0, 0.05) is 24.3 Å². The molecule has 0 bridgehead atoms. The van der Waals surface area contributed by atoms with Crippen molar-refractivity contribution in [1.29, 1.82) is 0 Å². The van der Waals surface area contributed by atoms with Crippen LogP contribution in [-0.4, -0.2) is 37.5 Å². The molecule has 3 rings (SSSR count). The number of nitrogens with one attached hydrogen (secondary N) is 1. The van der Waals surface area contributed by atoms with Crippen molar-refractivity contribution in [2.45, 2.75) is 39.0 Å². The molecule has 31 heavy (non-hydrogen) atoms. The van der Waals surface area contributed by atoms with E-state index in [0.717, 1.165) is 12.1 Å². The van der Waals surface area contributed by atoms with E-state index in [1.54, 1.807) is 41.3 Å². The quantitative estimate of drug-likeness (QED) is 0.686. The van der Waals surface area contributed by atoms with E-state index >= 15 is 0 Å². The van der Waals surface area contributed by atoms with Crippen LogP contribution in [0.2, 0.25) is 0 Å². The predicted molar refractivity (Wildman–Crippen MR) is 118 cm³/mol. The number of carbonyl (C=O) groups excluding carboxylic acids is 3. The number of ether oxygens (including phenoxy) is 2. The van der Waals surface area contributed by atoms with Gasteiger partial charge in [-0.25, -0.2) is 4.79 Å². The second-order valence-electron chi connectivity index (χ2n) is 8.47. The maximum atomic E-state index is 12.0. The number of hydrogen-bond donors (Lipinski definition) is 1. The SMILES string of the molecule is CC(C)(C)c1ccc(OCC(=O)OCC(=O)Nc2ccc(N3CCCC3=O)cc2)cc1. The van der Waals surface area contributed by atoms with E-state index < -0.39 is 18.5 Å². The molecule has 1 aliphatic heterocycles. The Kier molecular flexibility index (Phi) is 6.95. The summed E-state index contributed by atoms with van der Waals surface area (Å²) in [6.45, 7) is 6.39. The Labute approximate surface area is 182 Å². The van der Waals surface area contributed by atoms with Crippen molar-refractivity contribution in [1.82, 2.24) is 0 Å². The Morgan fingerprint density at radius 3 is 2.26 bits per heavy atom. The van der Waals surface area contributed by atoms with E-state index in [1.807, 2.05) is 12.1 Å². The van der Waals surface area contributed by atoms with E-state index in [0.29, 0.717) is 24.4 Å². The van der Waals surface area contributed by atoms with Gasteiger partial charge in [0.05, 0.1) is 0 Å². The second kappa shape index (κ2) is 9.64. The van der Waals surface area contributed by atoms with Crippen molar-refractivity contribution < 1.29 is 23.9 Å². The molecule has 0 radical (unpaired) electrons. The van der Waals surface area contributed by atoms with Gasteiger partial charge in [-0.15, -0.1) is 0 Å². The van der Waals surface area contributed by atoms with Crippen molar-refractivity contribution in [3.63, 3.8) is 0 Å². The lowest BCUT2D eigenvalue weighted by Gasteiger charge is -2.19. The minimum atomic E-state index is -0.627. The molecule has 7 nitrogen and oxygen atoms in total. The molecule has 1 fully saturated rings. The van der Waals surface area contributed by atoms with Crippen LogP contribution in [0, 0.1) is 0 Å². The zero-order valence-electron chi connectivity index (χ0n) is 18.1. The predicted octanol–water partition coefficient (Wildman–Crippen LogP) is 3.67. The molecule has 2 aromatic rings. The van der Waals surface area contributed by atoms with Gasteiger partial charge in [0.2, 0.25) is 5.91 Å². The summed E-state index contributed by atoms with van der Waals surface area (Å²) in [6, 6.07) is 14.5. The van der Waals surface area contributed by atoms with Crippen LogP contribution in [0.4, 0.5) is 11.4 Å². The van der Waals surface area contributed by atoms with Crippen LogP contribution in [0.1, 0.15) is 39.2 Å². The fourth-order valence-corrected chi connectivity index (χ4v) is 3.22. The third-order valence-electron chi connectivity index (χ3n) is 4.98. The largest absolute Gasteiger partial charge is 0.482 e. The monoisotopic (exact) mass is 424 g/mol. The molecule has 7 heteroatoms. The van der Waals surface area contributed by atoms with Gasteiger partial charge in [-0.05, 0) is 53.8 Å². The first-order valence-corrected chi connectivity index (χ1v) is 10.3. The summed E-state index contributed by atoms with van der Waals surface area (Å²) in [5.41, 5.74) is 2.57. The lowest BCUT2D eigenvalue weighted by atomic mass is 9.87. The van der Waals surface area contributed by atoms with Crippen LogP contribution in [0.3, 0.4) is 0 Å². The fraction of sp³-hybridized carbons (Fsp3) is 0.375. The van der Waals surface area contributed by atoms with Gasteiger partial charge >= 0.3 is 5.97 Å². The number of rotatable bonds is 7. The molecular weight excluding hydrogens is 396 g/mol. The highest BCUT2D eigenvalue weighted by molar-refractivity contribution is 5.96. The Balaban J connectivity index is 1.40. The highest BCUT2D eigenvalue weighted by Gasteiger charge is 2.21. The van der Waals surface area contributed by atoms with E-state index in [9.17, 15) is 14.4 Å². The highest BCUT2D eigenvalue weighted by Crippen LogP contribution is 2.24. The number of anilines is 2. The smallest absolute Gasteiger partial charge is 0.344 e. The third kappa shape index (κ3) is 6.31. The number of benzene rings is 2. The Morgan fingerprint density at radius 1 is 1.00 bits per heavy atom. The van der Waals surface area contributed by atoms with E-state index in [1.165, 1.54) is 5.56 Å². The average molecular weight is 424 g/mol. The molecule has 0 aliphatic carbocycles. The minimum Gasteiger partial charge on any atom is -0.482 e. The topological polar surface area (TPSA) is 84.9 Å². The molecule has 0 saturated carbocycles. The lowest BCUT2D eigenvalue weighted by molar-refractivity contribution is -0.149. The minimum absolute atomic E-state index is 0.0384. The third-order valence-corrected chi connectivity index (χ3v) is 4.98. The van der Waals surface area contributed by atoms with Gasteiger partial charge in [-0.1, -0.05) is 32.9 Å². The summed E-state index contributed by atoms with van der Waals surface area (Å²) < 4.78 is 10.4. The van der Waals surface area contributed by atoms with Gasteiger partial charge in [-0.3, -0.25) is 9.59 Å². The summed E-state index contributed by atoms with van der Waals surface area (Å²) in [7, 11) is 0. The molecule has 0 aromatic heterocycles. The van der Waals surface area contributed by atoms with Gasteiger partial charge in [0.25, 0.3) is 5.91 Å². The van der Waals surface area contributed by atoms with Crippen molar-refractivity contribution >= 4 is 29.2 Å². The molecule has 2 amide bonds. The highest BCUT2D eigenvalue weighted by atomic mass is 16.6. The lowest BCUT2D eigenvalue weighted by Crippen LogP contribution is -2.24. The van der Waals surface area contributed by atoms with Crippen LogP contribution >= 0.6 is 0 Å². The molecule has 1 heterocycles. The molecule has 1 aliphatic rings. The molecule has 0 spiro atoms. The number of nitrogens with zero attached hydrogens (tertiary/aromatic N) is 1. The van der Waals surface area contributed by atoms with Gasteiger partial charge in [0.15, 0.2) is 13.2 Å². The number of carbonyl (C=O) groups is 3. The Bertz CT molecular complexity index is 930. The Morgan fingerprint density at radius 2 is 1.68 bits per heavy atom. The number of amides is 2. The first-order valence-electron chi connectivity index (χ1n) is 10.3. The van der Waals surface area contributed by atoms with E-state index in [-0.39, 0.29) is 17.9 Å². The van der Waals surface area contributed by atoms with Crippen LogP contribution in [0.5, 0.6) is 5.75 Å². The molecule has 0 atom stereocenters. The zero-order valence-corrected chi connectivity index (χ0v) is 18.1. The van der Waals surface area contributed by atoms with Crippen molar-refractivity contribution in [2.75, 3.05) is 30.0 Å². The number of esters is 1. The molecule has 1 N–H and O–H groups in total. The van der Waals surface area contributed by atoms with Crippen LogP contribution in [0.25, 0.3) is 0 Å². The summed E-state index contributed by atoms with van der Waals surface area (Å²) in [5, 5.41) is 2.66. The van der Waals surface area contributed by atoms with E-state index in [4.69, 9.17) is 9.47 Å². The molecular formula is C24H28N2O5. The molecule has 164 valence electrons. The standard InChI is InChI=1S/C24H28N2O5/c1-24(2,3)17-6-12-20(13-7-17)30-16-23(29)31-15-21(27)25-18-8-10-19(11-9-18)26-14-4-5-22(26)28/h6-13H,4-5,14-16H2,1-3H3,(H,25,27). The summed E-state index contributed by atoms with van der Waals surface area (Å²) in [6.07, 6.45) is 1.42. The molecule has 1 saturated heterocycles. The number of hydrogen-bond acceptors (Lipinski definition) is 5.